The number of carbonyl (C=O) groups is 1. The van der Waals surface area contributed by atoms with Crippen LogP contribution >= 0.6 is 11.6 Å². The first kappa shape index (κ1) is 17.4. The number of rotatable bonds is 7. The van der Waals surface area contributed by atoms with Gasteiger partial charge in [0.1, 0.15) is 11.6 Å². The maximum Gasteiger partial charge on any atom is 0.241 e. The van der Waals surface area contributed by atoms with E-state index in [1.54, 1.807) is 25.6 Å². The van der Waals surface area contributed by atoms with Gasteiger partial charge < -0.3 is 21.3 Å². The molecule has 0 saturated carbocycles. The van der Waals surface area contributed by atoms with Crippen molar-refractivity contribution in [2.75, 3.05) is 30.8 Å². The van der Waals surface area contributed by atoms with E-state index in [1.807, 2.05) is 0 Å². The first-order chi connectivity index (χ1) is 12.1. The van der Waals surface area contributed by atoms with Gasteiger partial charge in [0.25, 0.3) is 0 Å². The molecule has 0 aliphatic carbocycles. The largest absolute Gasteiger partial charge is 0.367 e. The molecule has 0 spiro atoms. The van der Waals surface area contributed by atoms with Crippen molar-refractivity contribution in [3.63, 3.8) is 0 Å². The van der Waals surface area contributed by atoms with E-state index in [-0.39, 0.29) is 12.5 Å². The van der Waals surface area contributed by atoms with Crippen LogP contribution in [0.5, 0.6) is 0 Å². The monoisotopic (exact) mass is 364 g/mol. The topological polar surface area (TPSA) is 109 Å². The summed E-state index contributed by atoms with van der Waals surface area (Å²) in [6.07, 6.45) is 7.21. The van der Waals surface area contributed by atoms with Gasteiger partial charge >= 0.3 is 0 Å². The SMILES string of the molecule is CNC(=O)Cn1cc(Nc2ncc(Cl)c(NC[C@@H]3CCCN3)n2)cn1. The molecule has 10 heteroatoms. The molecule has 1 atom stereocenters. The minimum Gasteiger partial charge on any atom is -0.367 e. The van der Waals surface area contributed by atoms with Crippen molar-refractivity contribution >= 4 is 35.0 Å². The fourth-order valence-electron chi connectivity index (χ4n) is 2.57. The van der Waals surface area contributed by atoms with E-state index >= 15 is 0 Å². The summed E-state index contributed by atoms with van der Waals surface area (Å²) < 4.78 is 1.53. The molecule has 0 aromatic carbocycles. The standard InChI is InChI=1S/C15H21ClN8O/c1-17-13(25)9-24-8-11(6-21-24)22-15-20-7-12(16)14(23-15)19-5-10-3-2-4-18-10/h6-8,10,18H,2-5,9H2,1H3,(H,17,25)(H2,19,20,22,23)/t10-/m0/s1. The number of amides is 1. The van der Waals surface area contributed by atoms with Crippen molar-refractivity contribution in [3.8, 4) is 0 Å². The summed E-state index contributed by atoms with van der Waals surface area (Å²) in [5.41, 5.74) is 0.689. The highest BCUT2D eigenvalue weighted by Gasteiger charge is 2.15. The molecule has 2 aromatic heterocycles. The molecule has 1 fully saturated rings. The molecule has 2 aromatic rings. The van der Waals surface area contributed by atoms with E-state index in [2.05, 4.69) is 36.3 Å². The van der Waals surface area contributed by atoms with Crippen LogP contribution < -0.4 is 21.3 Å². The summed E-state index contributed by atoms with van der Waals surface area (Å²) in [5, 5.41) is 16.9. The lowest BCUT2D eigenvalue weighted by Gasteiger charge is -2.13. The van der Waals surface area contributed by atoms with Gasteiger partial charge in [-0.05, 0) is 19.4 Å². The van der Waals surface area contributed by atoms with Crippen LogP contribution in [0.1, 0.15) is 12.8 Å². The van der Waals surface area contributed by atoms with Crippen LogP contribution in [0.2, 0.25) is 5.02 Å². The van der Waals surface area contributed by atoms with Crippen molar-refractivity contribution in [1.29, 1.82) is 0 Å². The third kappa shape index (κ3) is 4.80. The predicted octanol–water partition coefficient (Wildman–Crippen LogP) is 0.980. The van der Waals surface area contributed by atoms with Gasteiger partial charge in [-0.2, -0.15) is 10.1 Å². The second-order valence-corrected chi connectivity index (χ2v) is 6.20. The average molecular weight is 365 g/mol. The third-order valence-corrected chi connectivity index (χ3v) is 4.17. The van der Waals surface area contributed by atoms with Crippen molar-refractivity contribution < 1.29 is 4.79 Å². The molecule has 0 unspecified atom stereocenters. The first-order valence-electron chi connectivity index (χ1n) is 8.14. The molecular formula is C15H21ClN8O. The molecular weight excluding hydrogens is 344 g/mol. The quantitative estimate of drug-likeness (QED) is 0.580. The molecule has 134 valence electrons. The molecule has 1 aliphatic rings. The van der Waals surface area contributed by atoms with Gasteiger partial charge in [-0.1, -0.05) is 11.6 Å². The number of anilines is 3. The van der Waals surface area contributed by atoms with E-state index in [0.29, 0.717) is 28.5 Å². The molecule has 1 aliphatic heterocycles. The van der Waals surface area contributed by atoms with Gasteiger partial charge in [0.15, 0.2) is 5.82 Å². The van der Waals surface area contributed by atoms with E-state index in [4.69, 9.17) is 11.6 Å². The highest BCUT2D eigenvalue weighted by Crippen LogP contribution is 2.21. The molecule has 1 amide bonds. The summed E-state index contributed by atoms with van der Waals surface area (Å²) in [6.45, 7) is 1.97. The van der Waals surface area contributed by atoms with E-state index in [0.717, 1.165) is 19.5 Å². The summed E-state index contributed by atoms with van der Waals surface area (Å²) in [7, 11) is 1.59. The maximum absolute atomic E-state index is 11.4. The number of halogens is 1. The van der Waals surface area contributed by atoms with Crippen molar-refractivity contribution in [2.24, 2.45) is 0 Å². The Labute approximate surface area is 150 Å². The lowest BCUT2D eigenvalue weighted by molar-refractivity contribution is -0.121. The molecule has 9 nitrogen and oxygen atoms in total. The zero-order chi connectivity index (χ0) is 17.6. The van der Waals surface area contributed by atoms with Crippen LogP contribution in [-0.4, -0.2) is 51.8 Å². The highest BCUT2D eigenvalue weighted by atomic mass is 35.5. The summed E-state index contributed by atoms with van der Waals surface area (Å²) in [5.74, 6) is 0.876. The zero-order valence-electron chi connectivity index (χ0n) is 13.9. The molecule has 0 radical (unpaired) electrons. The maximum atomic E-state index is 11.4. The molecule has 3 heterocycles. The fourth-order valence-corrected chi connectivity index (χ4v) is 2.73. The van der Waals surface area contributed by atoms with Gasteiger partial charge in [-0.3, -0.25) is 9.48 Å². The Morgan fingerprint density at radius 2 is 2.36 bits per heavy atom. The average Bonchev–Trinajstić information content (AvgIpc) is 3.27. The van der Waals surface area contributed by atoms with Crippen LogP contribution in [0.25, 0.3) is 0 Å². The second-order valence-electron chi connectivity index (χ2n) is 5.79. The Morgan fingerprint density at radius 3 is 3.12 bits per heavy atom. The summed E-state index contributed by atoms with van der Waals surface area (Å²) in [4.78, 5) is 19.9. The van der Waals surface area contributed by atoms with Gasteiger partial charge in [-0.25, -0.2) is 4.98 Å². The van der Waals surface area contributed by atoms with Gasteiger partial charge in [-0.15, -0.1) is 0 Å². The molecule has 4 N–H and O–H groups in total. The summed E-state index contributed by atoms with van der Waals surface area (Å²) >= 11 is 6.17. The summed E-state index contributed by atoms with van der Waals surface area (Å²) in [6, 6.07) is 0.436. The minimum atomic E-state index is -0.121. The number of likely N-dealkylation sites (N-methyl/N-ethyl adjacent to an activating group) is 1. The van der Waals surface area contributed by atoms with Gasteiger partial charge in [0.2, 0.25) is 11.9 Å². The van der Waals surface area contributed by atoms with Crippen LogP contribution in [0, 0.1) is 0 Å². The van der Waals surface area contributed by atoms with Crippen LogP contribution in [0.3, 0.4) is 0 Å². The van der Waals surface area contributed by atoms with E-state index < -0.39 is 0 Å². The second kappa shape index (κ2) is 8.13. The van der Waals surface area contributed by atoms with Crippen LogP contribution in [0.4, 0.5) is 17.5 Å². The van der Waals surface area contributed by atoms with E-state index in [1.165, 1.54) is 11.1 Å². The number of nitrogens with zero attached hydrogens (tertiary/aromatic N) is 4. The lowest BCUT2D eigenvalue weighted by atomic mass is 10.2. The minimum absolute atomic E-state index is 0.121. The van der Waals surface area contributed by atoms with Gasteiger partial charge in [0.05, 0.1) is 18.1 Å². The lowest BCUT2D eigenvalue weighted by Crippen LogP contribution is -2.29. The van der Waals surface area contributed by atoms with Crippen molar-refractivity contribution in [3.05, 3.63) is 23.6 Å². The van der Waals surface area contributed by atoms with E-state index in [9.17, 15) is 4.79 Å². The Morgan fingerprint density at radius 1 is 1.48 bits per heavy atom. The molecule has 1 saturated heterocycles. The van der Waals surface area contributed by atoms with Crippen molar-refractivity contribution in [2.45, 2.75) is 25.4 Å². The Kier molecular flexibility index (Phi) is 5.67. The number of carbonyl (C=O) groups excluding carboxylic acids is 1. The number of hydrogen-bond acceptors (Lipinski definition) is 7. The van der Waals surface area contributed by atoms with Crippen molar-refractivity contribution in [1.82, 2.24) is 30.4 Å². The number of aromatic nitrogens is 4. The highest BCUT2D eigenvalue weighted by molar-refractivity contribution is 6.32. The van der Waals surface area contributed by atoms with Crippen LogP contribution in [-0.2, 0) is 11.3 Å². The molecule has 3 rings (SSSR count). The Bertz CT molecular complexity index is 728. The smallest absolute Gasteiger partial charge is 0.241 e. The normalized spacial score (nSPS) is 16.6. The third-order valence-electron chi connectivity index (χ3n) is 3.90. The number of nitrogens with one attached hydrogen (secondary N) is 4. The number of hydrogen-bond donors (Lipinski definition) is 4. The molecule has 25 heavy (non-hydrogen) atoms. The fraction of sp³-hybridized carbons (Fsp3) is 0.467. The zero-order valence-corrected chi connectivity index (χ0v) is 14.7. The molecule has 0 bridgehead atoms. The Balaban J connectivity index is 1.62. The van der Waals surface area contributed by atoms with Gasteiger partial charge in [0, 0.05) is 25.8 Å². The first-order valence-corrected chi connectivity index (χ1v) is 8.51. The van der Waals surface area contributed by atoms with Crippen LogP contribution in [0.15, 0.2) is 18.6 Å². The Hall–Kier alpha value is -2.39. The predicted molar refractivity (Wildman–Crippen MR) is 96.1 cm³/mol.